The van der Waals surface area contributed by atoms with Gasteiger partial charge in [-0.05, 0) is 29.8 Å². The van der Waals surface area contributed by atoms with Crippen molar-refractivity contribution < 1.29 is 9.13 Å². The van der Waals surface area contributed by atoms with Crippen LogP contribution in [0.25, 0.3) is 0 Å². The molecule has 0 amide bonds. The van der Waals surface area contributed by atoms with Crippen molar-refractivity contribution in [3.8, 4) is 11.5 Å². The van der Waals surface area contributed by atoms with E-state index in [9.17, 15) is 4.39 Å². The number of nitrogens with two attached hydrogens (primary N) is 1. The van der Waals surface area contributed by atoms with Crippen LogP contribution in [0.4, 0.5) is 4.39 Å². The van der Waals surface area contributed by atoms with Gasteiger partial charge in [0.05, 0.1) is 6.20 Å². The van der Waals surface area contributed by atoms with Gasteiger partial charge >= 0.3 is 0 Å². The smallest absolute Gasteiger partial charge is 0.188 e. The Morgan fingerprint density at radius 3 is 2.95 bits per heavy atom. The van der Waals surface area contributed by atoms with Gasteiger partial charge in [0, 0.05) is 19.8 Å². The third-order valence-corrected chi connectivity index (χ3v) is 2.57. The summed E-state index contributed by atoms with van der Waals surface area (Å²) in [7, 11) is 1.58. The average molecular weight is 274 g/mol. The molecule has 2 rings (SSSR count). The molecule has 6 heteroatoms. The van der Waals surface area contributed by atoms with Gasteiger partial charge in [-0.15, -0.1) is 0 Å². The molecule has 1 aromatic heterocycles. The highest BCUT2D eigenvalue weighted by molar-refractivity contribution is 5.77. The summed E-state index contributed by atoms with van der Waals surface area (Å²) in [6.45, 7) is 0.396. The number of aliphatic imine (C=N–C) groups is 1. The Bertz CT molecular complexity index is 601. The number of pyridine rings is 1. The summed E-state index contributed by atoms with van der Waals surface area (Å²) in [5.74, 6) is 0.500. The predicted molar refractivity (Wildman–Crippen MR) is 75.1 cm³/mol. The van der Waals surface area contributed by atoms with Crippen LogP contribution in [0.1, 0.15) is 5.56 Å². The number of halogens is 1. The van der Waals surface area contributed by atoms with E-state index in [1.807, 2.05) is 0 Å². The number of hydrogen-bond acceptors (Lipinski definition) is 3. The van der Waals surface area contributed by atoms with Crippen molar-refractivity contribution in [2.24, 2.45) is 10.7 Å². The van der Waals surface area contributed by atoms with Gasteiger partial charge in [-0.2, -0.15) is 0 Å². The minimum absolute atomic E-state index is 0.152. The zero-order valence-corrected chi connectivity index (χ0v) is 11.0. The van der Waals surface area contributed by atoms with E-state index in [1.165, 1.54) is 12.3 Å². The van der Waals surface area contributed by atoms with Crippen molar-refractivity contribution in [1.29, 1.82) is 0 Å². The highest BCUT2D eigenvalue weighted by Crippen LogP contribution is 2.24. The van der Waals surface area contributed by atoms with Crippen molar-refractivity contribution >= 4 is 5.96 Å². The van der Waals surface area contributed by atoms with Crippen LogP contribution in [-0.4, -0.2) is 18.0 Å². The molecule has 104 valence electrons. The summed E-state index contributed by atoms with van der Waals surface area (Å²) in [5.41, 5.74) is 6.25. The number of ether oxygens (including phenoxy) is 1. The van der Waals surface area contributed by atoms with Crippen LogP contribution < -0.4 is 15.8 Å². The molecule has 0 fully saturated rings. The molecule has 0 aliphatic heterocycles. The van der Waals surface area contributed by atoms with E-state index < -0.39 is 5.82 Å². The lowest BCUT2D eigenvalue weighted by Crippen LogP contribution is -2.30. The van der Waals surface area contributed by atoms with E-state index in [0.29, 0.717) is 18.3 Å². The van der Waals surface area contributed by atoms with E-state index in [-0.39, 0.29) is 5.75 Å². The van der Waals surface area contributed by atoms with E-state index in [1.54, 1.807) is 37.5 Å². The highest BCUT2D eigenvalue weighted by atomic mass is 19.1. The van der Waals surface area contributed by atoms with Crippen LogP contribution in [0.15, 0.2) is 47.7 Å². The molecule has 3 N–H and O–H groups in total. The van der Waals surface area contributed by atoms with Crippen LogP contribution in [0.5, 0.6) is 11.5 Å². The van der Waals surface area contributed by atoms with Crippen molar-refractivity contribution in [1.82, 2.24) is 10.3 Å². The summed E-state index contributed by atoms with van der Waals surface area (Å²) >= 11 is 0. The van der Waals surface area contributed by atoms with Crippen molar-refractivity contribution in [2.45, 2.75) is 6.54 Å². The lowest BCUT2D eigenvalue weighted by atomic mass is 10.2. The van der Waals surface area contributed by atoms with Crippen LogP contribution in [0, 0.1) is 5.82 Å². The lowest BCUT2D eigenvalue weighted by Gasteiger charge is -2.09. The van der Waals surface area contributed by atoms with E-state index in [0.717, 1.165) is 5.56 Å². The quantitative estimate of drug-likeness (QED) is 0.661. The minimum atomic E-state index is -0.444. The Kier molecular flexibility index (Phi) is 4.49. The molecule has 20 heavy (non-hydrogen) atoms. The first-order valence-electron chi connectivity index (χ1n) is 6.01. The van der Waals surface area contributed by atoms with Crippen molar-refractivity contribution in [3.05, 3.63) is 54.1 Å². The van der Waals surface area contributed by atoms with Gasteiger partial charge in [0.25, 0.3) is 0 Å². The normalized spacial score (nSPS) is 11.2. The first kappa shape index (κ1) is 13.8. The van der Waals surface area contributed by atoms with Crippen LogP contribution >= 0.6 is 0 Å². The number of nitrogens with one attached hydrogen (secondary N) is 1. The van der Waals surface area contributed by atoms with Crippen molar-refractivity contribution in [3.63, 3.8) is 0 Å². The Balaban J connectivity index is 2.06. The monoisotopic (exact) mass is 274 g/mol. The van der Waals surface area contributed by atoms with Gasteiger partial charge in [0.2, 0.25) is 0 Å². The largest absolute Gasteiger partial charge is 0.453 e. The fourth-order valence-electron chi connectivity index (χ4n) is 1.54. The zero-order chi connectivity index (χ0) is 14.4. The number of benzene rings is 1. The molecule has 5 nitrogen and oxygen atoms in total. The maximum absolute atomic E-state index is 13.9. The fraction of sp³-hybridized carbons (Fsp3) is 0.143. The van der Waals surface area contributed by atoms with Crippen LogP contribution in [-0.2, 0) is 6.54 Å². The second-order valence-corrected chi connectivity index (χ2v) is 4.02. The van der Waals surface area contributed by atoms with Gasteiger partial charge in [0.1, 0.15) is 5.75 Å². The minimum Gasteiger partial charge on any atom is -0.453 e. The Morgan fingerprint density at radius 1 is 1.45 bits per heavy atom. The number of guanidine groups is 1. The molecule has 1 heterocycles. The predicted octanol–water partition coefficient (Wildman–Crippen LogP) is 2.05. The molecule has 0 radical (unpaired) electrons. The Morgan fingerprint density at radius 2 is 2.30 bits per heavy atom. The molecule has 0 saturated heterocycles. The highest BCUT2D eigenvalue weighted by Gasteiger charge is 2.06. The molecule has 0 aliphatic carbocycles. The van der Waals surface area contributed by atoms with Crippen LogP contribution in [0.3, 0.4) is 0 Å². The van der Waals surface area contributed by atoms with Gasteiger partial charge in [-0.1, -0.05) is 6.07 Å². The molecular weight excluding hydrogens is 259 g/mol. The van der Waals surface area contributed by atoms with Gasteiger partial charge in [-0.25, -0.2) is 4.39 Å². The van der Waals surface area contributed by atoms with E-state index >= 15 is 0 Å². The van der Waals surface area contributed by atoms with Crippen LogP contribution in [0.2, 0.25) is 0 Å². The third-order valence-electron chi connectivity index (χ3n) is 2.57. The average Bonchev–Trinajstić information content (AvgIpc) is 2.48. The summed E-state index contributed by atoms with van der Waals surface area (Å²) in [6, 6.07) is 8.14. The molecule has 2 aromatic rings. The standard InChI is InChI=1S/C14H15FN4O/c1-17-14(16)19-8-10-4-5-13(12(15)7-10)20-11-3-2-6-18-9-11/h2-7,9H,8H2,1H3,(H3,16,17,19). The molecule has 0 atom stereocenters. The second-order valence-electron chi connectivity index (χ2n) is 4.02. The summed E-state index contributed by atoms with van der Waals surface area (Å²) in [4.78, 5) is 7.66. The topological polar surface area (TPSA) is 72.5 Å². The fourth-order valence-corrected chi connectivity index (χ4v) is 1.54. The maximum atomic E-state index is 13.9. The molecule has 0 saturated carbocycles. The SMILES string of the molecule is CN=C(N)NCc1ccc(Oc2cccnc2)c(F)c1. The molecule has 0 spiro atoms. The molecule has 0 aliphatic rings. The number of rotatable bonds is 4. The van der Waals surface area contributed by atoms with Gasteiger partial charge in [0.15, 0.2) is 17.5 Å². The van der Waals surface area contributed by atoms with E-state index in [4.69, 9.17) is 10.5 Å². The number of hydrogen-bond donors (Lipinski definition) is 2. The molecule has 0 unspecified atom stereocenters. The van der Waals surface area contributed by atoms with Crippen molar-refractivity contribution in [2.75, 3.05) is 7.05 Å². The zero-order valence-electron chi connectivity index (χ0n) is 11.0. The second kappa shape index (κ2) is 6.51. The molecule has 0 bridgehead atoms. The first-order valence-corrected chi connectivity index (χ1v) is 6.01. The Hall–Kier alpha value is -2.63. The summed E-state index contributed by atoms with van der Waals surface area (Å²) in [5, 5.41) is 2.86. The van der Waals surface area contributed by atoms with Gasteiger partial charge in [-0.3, -0.25) is 9.98 Å². The van der Waals surface area contributed by atoms with E-state index in [2.05, 4.69) is 15.3 Å². The molecule has 1 aromatic carbocycles. The third kappa shape index (κ3) is 3.68. The maximum Gasteiger partial charge on any atom is 0.188 e. The number of aromatic nitrogens is 1. The Labute approximate surface area is 116 Å². The van der Waals surface area contributed by atoms with Gasteiger partial charge < -0.3 is 15.8 Å². The summed E-state index contributed by atoms with van der Waals surface area (Å²) in [6.07, 6.45) is 3.14. The lowest BCUT2D eigenvalue weighted by molar-refractivity contribution is 0.440. The first-order chi connectivity index (χ1) is 9.69. The molecular formula is C14H15FN4O. The summed E-state index contributed by atoms with van der Waals surface area (Å²) < 4.78 is 19.3. The number of nitrogens with zero attached hydrogens (tertiary/aromatic N) is 2.